The van der Waals surface area contributed by atoms with Crippen LogP contribution in [0.4, 0.5) is 4.39 Å². The molecule has 152 valence electrons. The first kappa shape index (κ1) is 19.6. The van der Waals surface area contributed by atoms with E-state index in [0.717, 1.165) is 29.6 Å². The van der Waals surface area contributed by atoms with Crippen molar-refractivity contribution in [1.29, 1.82) is 0 Å². The maximum absolute atomic E-state index is 13.8. The van der Waals surface area contributed by atoms with Gasteiger partial charge in [-0.1, -0.05) is 44.2 Å². The molecule has 4 nitrogen and oxygen atoms in total. The van der Waals surface area contributed by atoms with Crippen molar-refractivity contribution in [3.8, 4) is 0 Å². The number of nitrogens with one attached hydrogen (secondary N) is 1. The van der Waals surface area contributed by atoms with Crippen molar-refractivity contribution in [3.63, 3.8) is 0 Å². The summed E-state index contributed by atoms with van der Waals surface area (Å²) < 4.78 is 21.9. The molecule has 29 heavy (non-hydrogen) atoms. The van der Waals surface area contributed by atoms with Gasteiger partial charge in [0, 0.05) is 36.5 Å². The van der Waals surface area contributed by atoms with Crippen LogP contribution in [0.3, 0.4) is 0 Å². The summed E-state index contributed by atoms with van der Waals surface area (Å²) >= 11 is 0. The van der Waals surface area contributed by atoms with Gasteiger partial charge in [-0.15, -0.1) is 0 Å². The van der Waals surface area contributed by atoms with Gasteiger partial charge in [-0.2, -0.15) is 0 Å². The van der Waals surface area contributed by atoms with Gasteiger partial charge in [0.2, 0.25) is 5.91 Å². The summed E-state index contributed by atoms with van der Waals surface area (Å²) in [5, 5.41) is 4.35. The van der Waals surface area contributed by atoms with Gasteiger partial charge in [0.15, 0.2) is 0 Å². The van der Waals surface area contributed by atoms with E-state index in [0.29, 0.717) is 6.54 Å². The van der Waals surface area contributed by atoms with E-state index in [4.69, 9.17) is 4.74 Å². The molecule has 0 radical (unpaired) electrons. The lowest BCUT2D eigenvalue weighted by atomic mass is 9.89. The SMILES string of the molecule is COC1CC(NC(=O)C(C)C)Cc2c1n(Cc1cccc(F)c1)c1ccccc21. The number of para-hydroxylation sites is 1. The molecule has 0 spiro atoms. The first-order valence-electron chi connectivity index (χ1n) is 10.2. The fourth-order valence-electron chi connectivity index (χ4n) is 4.35. The highest BCUT2D eigenvalue weighted by Crippen LogP contribution is 2.39. The molecular formula is C24H27FN2O2. The lowest BCUT2D eigenvalue weighted by Crippen LogP contribution is -2.42. The molecule has 0 saturated heterocycles. The Kier molecular flexibility index (Phi) is 5.41. The van der Waals surface area contributed by atoms with Gasteiger partial charge in [0.05, 0.1) is 11.8 Å². The maximum Gasteiger partial charge on any atom is 0.222 e. The number of hydrogen-bond acceptors (Lipinski definition) is 2. The van der Waals surface area contributed by atoms with Crippen LogP contribution in [0.5, 0.6) is 0 Å². The van der Waals surface area contributed by atoms with Crippen LogP contribution in [0.2, 0.25) is 0 Å². The molecule has 1 aliphatic carbocycles. The molecule has 2 unspecified atom stereocenters. The van der Waals surface area contributed by atoms with E-state index in [2.05, 4.69) is 22.0 Å². The quantitative estimate of drug-likeness (QED) is 0.687. The third kappa shape index (κ3) is 3.79. The standard InChI is InChI=1S/C24H27FN2O2/c1-15(2)24(28)26-18-12-20-19-9-4-5-10-21(19)27(23(20)22(13-18)29-3)14-16-7-6-8-17(25)11-16/h4-11,15,18,22H,12-14H2,1-3H3,(H,26,28). The minimum Gasteiger partial charge on any atom is -0.375 e. The molecule has 4 rings (SSSR count). The summed E-state index contributed by atoms with van der Waals surface area (Å²) in [5.74, 6) is -0.212. The summed E-state index contributed by atoms with van der Waals surface area (Å²) in [7, 11) is 1.71. The number of nitrogens with zero attached hydrogens (tertiary/aromatic N) is 1. The maximum atomic E-state index is 13.8. The van der Waals surface area contributed by atoms with Gasteiger partial charge >= 0.3 is 0 Å². The van der Waals surface area contributed by atoms with Gasteiger partial charge < -0.3 is 14.6 Å². The third-order valence-electron chi connectivity index (χ3n) is 5.76. The molecule has 3 aromatic rings. The van der Waals surface area contributed by atoms with Crippen LogP contribution in [0.15, 0.2) is 48.5 Å². The predicted molar refractivity (Wildman–Crippen MR) is 112 cm³/mol. The van der Waals surface area contributed by atoms with E-state index in [-0.39, 0.29) is 29.8 Å². The topological polar surface area (TPSA) is 43.3 Å². The Bertz CT molecular complexity index is 1040. The number of methoxy groups -OCH3 is 1. The lowest BCUT2D eigenvalue weighted by molar-refractivity contribution is -0.125. The van der Waals surface area contributed by atoms with Crippen molar-refractivity contribution in [2.45, 2.75) is 45.4 Å². The Labute approximate surface area is 170 Å². The second-order valence-corrected chi connectivity index (χ2v) is 8.12. The molecule has 1 amide bonds. The van der Waals surface area contributed by atoms with Gasteiger partial charge in [0.1, 0.15) is 5.82 Å². The zero-order valence-corrected chi connectivity index (χ0v) is 17.1. The smallest absolute Gasteiger partial charge is 0.222 e. The molecule has 2 aromatic carbocycles. The molecule has 0 saturated carbocycles. The second kappa shape index (κ2) is 7.99. The van der Waals surface area contributed by atoms with E-state index in [9.17, 15) is 9.18 Å². The van der Waals surface area contributed by atoms with Crippen LogP contribution in [0.1, 0.15) is 43.2 Å². The lowest BCUT2D eigenvalue weighted by Gasteiger charge is -2.31. The normalized spacial score (nSPS) is 18.8. The van der Waals surface area contributed by atoms with Crippen LogP contribution < -0.4 is 5.32 Å². The van der Waals surface area contributed by atoms with E-state index in [1.54, 1.807) is 19.2 Å². The number of carbonyl (C=O) groups is 1. The number of fused-ring (bicyclic) bond motifs is 3. The Morgan fingerprint density at radius 3 is 2.76 bits per heavy atom. The molecule has 5 heteroatoms. The number of aromatic nitrogens is 1. The Balaban J connectivity index is 1.78. The van der Waals surface area contributed by atoms with Crippen molar-refractivity contribution in [1.82, 2.24) is 9.88 Å². The highest BCUT2D eigenvalue weighted by atomic mass is 19.1. The van der Waals surface area contributed by atoms with Crippen molar-refractivity contribution in [3.05, 3.63) is 71.2 Å². The minimum atomic E-state index is -0.229. The molecule has 1 N–H and O–H groups in total. The van der Waals surface area contributed by atoms with Gasteiger partial charge in [0.25, 0.3) is 0 Å². The van der Waals surface area contributed by atoms with Gasteiger partial charge in [-0.25, -0.2) is 4.39 Å². The number of rotatable bonds is 5. The molecule has 0 bridgehead atoms. The summed E-state index contributed by atoms with van der Waals surface area (Å²) in [6, 6.07) is 15.1. The molecule has 2 atom stereocenters. The molecule has 0 fully saturated rings. The summed E-state index contributed by atoms with van der Waals surface area (Å²) in [6.45, 7) is 4.39. The van der Waals surface area contributed by atoms with Crippen molar-refractivity contribution in [2.24, 2.45) is 5.92 Å². The Morgan fingerprint density at radius 1 is 1.24 bits per heavy atom. The summed E-state index contributed by atoms with van der Waals surface area (Å²) in [6.07, 6.45) is 1.36. The van der Waals surface area contributed by atoms with E-state index >= 15 is 0 Å². The van der Waals surface area contributed by atoms with Crippen LogP contribution in [-0.2, 0) is 22.5 Å². The highest BCUT2D eigenvalue weighted by Gasteiger charge is 2.33. The number of amides is 1. The zero-order valence-electron chi connectivity index (χ0n) is 17.1. The monoisotopic (exact) mass is 394 g/mol. The zero-order chi connectivity index (χ0) is 20.5. The molecule has 0 aliphatic heterocycles. The summed E-state index contributed by atoms with van der Waals surface area (Å²) in [5.41, 5.74) is 4.37. The molecule has 1 aromatic heterocycles. The second-order valence-electron chi connectivity index (χ2n) is 8.12. The average Bonchev–Trinajstić information content (AvgIpc) is 3.01. The largest absolute Gasteiger partial charge is 0.375 e. The van der Waals surface area contributed by atoms with Crippen molar-refractivity contribution < 1.29 is 13.9 Å². The third-order valence-corrected chi connectivity index (χ3v) is 5.76. The van der Waals surface area contributed by atoms with Crippen LogP contribution in [0.25, 0.3) is 10.9 Å². The van der Waals surface area contributed by atoms with E-state index in [1.807, 2.05) is 32.0 Å². The summed E-state index contributed by atoms with van der Waals surface area (Å²) in [4.78, 5) is 12.3. The van der Waals surface area contributed by atoms with E-state index < -0.39 is 0 Å². The molecular weight excluding hydrogens is 367 g/mol. The Hall–Kier alpha value is -2.66. The highest BCUT2D eigenvalue weighted by molar-refractivity contribution is 5.86. The van der Waals surface area contributed by atoms with Crippen LogP contribution in [0, 0.1) is 11.7 Å². The van der Waals surface area contributed by atoms with E-state index in [1.165, 1.54) is 17.0 Å². The predicted octanol–water partition coefficient (Wildman–Crippen LogP) is 4.60. The van der Waals surface area contributed by atoms with Crippen LogP contribution in [-0.4, -0.2) is 23.6 Å². The molecule has 1 heterocycles. The Morgan fingerprint density at radius 2 is 2.03 bits per heavy atom. The number of hydrogen-bond donors (Lipinski definition) is 1. The van der Waals surface area contributed by atoms with Gasteiger partial charge in [-0.3, -0.25) is 4.79 Å². The fraction of sp³-hybridized carbons (Fsp3) is 0.375. The molecule has 1 aliphatic rings. The van der Waals surface area contributed by atoms with Crippen LogP contribution >= 0.6 is 0 Å². The average molecular weight is 394 g/mol. The first-order valence-corrected chi connectivity index (χ1v) is 10.2. The van der Waals surface area contributed by atoms with Crippen molar-refractivity contribution >= 4 is 16.8 Å². The number of ether oxygens (including phenoxy) is 1. The first-order chi connectivity index (χ1) is 14.0. The minimum absolute atomic E-state index is 0.0378. The number of halogens is 1. The number of carbonyl (C=O) groups excluding carboxylic acids is 1. The van der Waals surface area contributed by atoms with Crippen molar-refractivity contribution in [2.75, 3.05) is 7.11 Å². The number of benzene rings is 2. The fourth-order valence-corrected chi connectivity index (χ4v) is 4.35. The van der Waals surface area contributed by atoms with Gasteiger partial charge in [-0.05, 0) is 42.2 Å².